The molecule has 1 fully saturated rings. The second-order valence-corrected chi connectivity index (χ2v) is 6.64. The van der Waals surface area contributed by atoms with Gasteiger partial charge >= 0.3 is 6.18 Å². The minimum absolute atomic E-state index is 0.125. The number of likely N-dealkylation sites (tertiary alicyclic amines) is 1. The van der Waals surface area contributed by atoms with Crippen LogP contribution in [0.4, 0.5) is 13.2 Å². The molecule has 24 heavy (non-hydrogen) atoms. The van der Waals surface area contributed by atoms with Crippen molar-refractivity contribution in [3.05, 3.63) is 47.0 Å². The summed E-state index contributed by atoms with van der Waals surface area (Å²) in [7, 11) is 0. The van der Waals surface area contributed by atoms with Crippen LogP contribution in [0.15, 0.2) is 24.3 Å². The van der Waals surface area contributed by atoms with Crippen LogP contribution in [0.25, 0.3) is 0 Å². The van der Waals surface area contributed by atoms with E-state index in [2.05, 4.69) is 20.1 Å². The number of halogens is 3. The second-order valence-electron chi connectivity index (χ2n) is 6.64. The summed E-state index contributed by atoms with van der Waals surface area (Å²) >= 11 is 0. The topological polar surface area (TPSA) is 44.8 Å². The van der Waals surface area contributed by atoms with Gasteiger partial charge in [-0.1, -0.05) is 32.0 Å². The third-order valence-electron chi connectivity index (χ3n) is 4.40. The number of benzene rings is 1. The number of rotatable bonds is 4. The van der Waals surface area contributed by atoms with E-state index in [-0.39, 0.29) is 11.8 Å². The predicted octanol–water partition coefficient (Wildman–Crippen LogP) is 3.94. The lowest BCUT2D eigenvalue weighted by Gasteiger charge is -2.15. The standard InChI is InChI=1S/C17H21F3N4/c1-11(2)16-21-15(22-23-16)10-24-7-6-13(9-24)12-4-3-5-14(8-12)17(18,19)20/h3-5,8,11,13H,6-7,9-10H2,1-2H3,(H,21,22,23)/t13-/m0/s1. The lowest BCUT2D eigenvalue weighted by Crippen LogP contribution is -2.20. The van der Waals surface area contributed by atoms with Crippen LogP contribution in [0.3, 0.4) is 0 Å². The third-order valence-corrected chi connectivity index (χ3v) is 4.40. The fourth-order valence-electron chi connectivity index (χ4n) is 3.07. The normalized spacial score (nSPS) is 19.3. The molecule has 2 aromatic rings. The molecule has 1 aliphatic rings. The van der Waals surface area contributed by atoms with E-state index in [0.29, 0.717) is 6.54 Å². The first-order chi connectivity index (χ1) is 11.3. The van der Waals surface area contributed by atoms with Gasteiger partial charge in [-0.3, -0.25) is 10.00 Å². The Morgan fingerprint density at radius 1 is 1.33 bits per heavy atom. The molecule has 4 nitrogen and oxygen atoms in total. The van der Waals surface area contributed by atoms with Crippen LogP contribution >= 0.6 is 0 Å². The molecule has 3 rings (SSSR count). The van der Waals surface area contributed by atoms with E-state index in [1.165, 1.54) is 12.1 Å². The molecular weight excluding hydrogens is 317 g/mol. The zero-order valence-electron chi connectivity index (χ0n) is 13.8. The zero-order chi connectivity index (χ0) is 17.3. The number of nitrogens with one attached hydrogen (secondary N) is 1. The fraction of sp³-hybridized carbons (Fsp3) is 0.529. The van der Waals surface area contributed by atoms with Gasteiger partial charge in [-0.05, 0) is 30.5 Å². The molecule has 7 heteroatoms. The fourth-order valence-corrected chi connectivity index (χ4v) is 3.07. The van der Waals surface area contributed by atoms with E-state index in [1.807, 2.05) is 13.8 Å². The van der Waals surface area contributed by atoms with E-state index in [0.717, 1.165) is 42.8 Å². The molecule has 130 valence electrons. The molecule has 1 N–H and O–H groups in total. The van der Waals surface area contributed by atoms with Crippen LogP contribution in [0.2, 0.25) is 0 Å². The minimum atomic E-state index is -4.29. The number of hydrogen-bond acceptors (Lipinski definition) is 3. The van der Waals surface area contributed by atoms with E-state index in [9.17, 15) is 13.2 Å². The summed E-state index contributed by atoms with van der Waals surface area (Å²) in [5.74, 6) is 1.99. The zero-order valence-corrected chi connectivity index (χ0v) is 13.8. The first-order valence-electron chi connectivity index (χ1n) is 8.13. The van der Waals surface area contributed by atoms with Crippen LogP contribution in [0.1, 0.15) is 54.9 Å². The summed E-state index contributed by atoms with van der Waals surface area (Å²) in [5.41, 5.74) is 0.183. The molecule has 1 aliphatic heterocycles. The van der Waals surface area contributed by atoms with Crippen molar-refractivity contribution in [2.24, 2.45) is 0 Å². The van der Waals surface area contributed by atoms with Gasteiger partial charge in [0.25, 0.3) is 0 Å². The third kappa shape index (κ3) is 3.77. The Balaban J connectivity index is 1.65. The van der Waals surface area contributed by atoms with Crippen molar-refractivity contribution in [3.63, 3.8) is 0 Å². The highest BCUT2D eigenvalue weighted by atomic mass is 19.4. The molecular formula is C17H21F3N4. The van der Waals surface area contributed by atoms with Crippen LogP contribution < -0.4 is 0 Å². The molecule has 1 aromatic heterocycles. The van der Waals surface area contributed by atoms with Gasteiger partial charge in [0.1, 0.15) is 5.82 Å². The van der Waals surface area contributed by atoms with Crippen molar-refractivity contribution >= 4 is 0 Å². The van der Waals surface area contributed by atoms with Crippen LogP contribution in [0, 0.1) is 0 Å². The molecule has 1 aromatic carbocycles. The molecule has 0 spiro atoms. The summed E-state index contributed by atoms with van der Waals surface area (Å²) in [6.45, 7) is 6.30. The van der Waals surface area contributed by atoms with Crippen molar-refractivity contribution in [1.82, 2.24) is 20.1 Å². The van der Waals surface area contributed by atoms with Crippen molar-refractivity contribution in [3.8, 4) is 0 Å². The Morgan fingerprint density at radius 3 is 2.79 bits per heavy atom. The second kappa shape index (κ2) is 6.55. The van der Waals surface area contributed by atoms with Crippen LogP contribution in [-0.4, -0.2) is 33.2 Å². The number of alkyl halides is 3. The molecule has 0 radical (unpaired) electrons. The van der Waals surface area contributed by atoms with Gasteiger partial charge < -0.3 is 0 Å². The lowest BCUT2D eigenvalue weighted by molar-refractivity contribution is -0.137. The number of hydrogen-bond donors (Lipinski definition) is 1. The van der Waals surface area contributed by atoms with E-state index < -0.39 is 11.7 Å². The molecule has 0 aliphatic carbocycles. The number of nitrogens with zero attached hydrogens (tertiary/aromatic N) is 3. The SMILES string of the molecule is CC(C)c1n[nH]c(CN2CC[C@H](c3cccc(C(F)(F)F)c3)C2)n1. The number of aromatic nitrogens is 3. The van der Waals surface area contributed by atoms with Crippen molar-refractivity contribution < 1.29 is 13.2 Å². The summed E-state index contributed by atoms with van der Waals surface area (Å²) in [4.78, 5) is 6.66. The first kappa shape index (κ1) is 17.0. The summed E-state index contributed by atoms with van der Waals surface area (Å²) in [5, 5.41) is 7.13. The molecule has 0 bridgehead atoms. The summed E-state index contributed by atoms with van der Waals surface area (Å²) in [6, 6.07) is 5.68. The highest BCUT2D eigenvalue weighted by Crippen LogP contribution is 2.34. The maximum atomic E-state index is 12.9. The Hall–Kier alpha value is -1.89. The summed E-state index contributed by atoms with van der Waals surface area (Å²) in [6.07, 6.45) is -3.44. The molecule has 2 heterocycles. The Bertz CT molecular complexity index is 693. The Morgan fingerprint density at radius 2 is 2.12 bits per heavy atom. The van der Waals surface area contributed by atoms with Gasteiger partial charge in [-0.2, -0.15) is 18.3 Å². The van der Waals surface area contributed by atoms with Gasteiger partial charge in [0, 0.05) is 12.5 Å². The average molecular weight is 338 g/mol. The van der Waals surface area contributed by atoms with Crippen molar-refractivity contribution in [2.75, 3.05) is 13.1 Å². The molecule has 0 saturated carbocycles. The van der Waals surface area contributed by atoms with Crippen molar-refractivity contribution in [1.29, 1.82) is 0 Å². The van der Waals surface area contributed by atoms with Crippen LogP contribution in [-0.2, 0) is 12.7 Å². The molecule has 1 saturated heterocycles. The Kier molecular flexibility index (Phi) is 4.62. The van der Waals surface area contributed by atoms with Crippen molar-refractivity contribution in [2.45, 2.75) is 44.8 Å². The number of H-pyrrole nitrogens is 1. The van der Waals surface area contributed by atoms with E-state index in [4.69, 9.17) is 0 Å². The molecule has 0 amide bonds. The monoisotopic (exact) mass is 338 g/mol. The van der Waals surface area contributed by atoms with Gasteiger partial charge in [-0.15, -0.1) is 0 Å². The first-order valence-corrected chi connectivity index (χ1v) is 8.13. The average Bonchev–Trinajstić information content (AvgIpc) is 3.16. The maximum Gasteiger partial charge on any atom is 0.416 e. The largest absolute Gasteiger partial charge is 0.416 e. The number of aromatic amines is 1. The highest BCUT2D eigenvalue weighted by molar-refractivity contribution is 5.29. The van der Waals surface area contributed by atoms with E-state index >= 15 is 0 Å². The van der Waals surface area contributed by atoms with Gasteiger partial charge in [0.2, 0.25) is 0 Å². The Labute approximate surface area is 139 Å². The smallest absolute Gasteiger partial charge is 0.295 e. The van der Waals surface area contributed by atoms with Gasteiger partial charge in [0.15, 0.2) is 5.82 Å². The summed E-state index contributed by atoms with van der Waals surface area (Å²) < 4.78 is 38.6. The van der Waals surface area contributed by atoms with Gasteiger partial charge in [0.05, 0.1) is 12.1 Å². The quantitative estimate of drug-likeness (QED) is 0.918. The van der Waals surface area contributed by atoms with Crippen LogP contribution in [0.5, 0.6) is 0 Å². The highest BCUT2D eigenvalue weighted by Gasteiger charge is 2.32. The predicted molar refractivity (Wildman–Crippen MR) is 84.6 cm³/mol. The van der Waals surface area contributed by atoms with E-state index in [1.54, 1.807) is 6.07 Å². The lowest BCUT2D eigenvalue weighted by atomic mass is 9.96. The molecule has 1 atom stereocenters. The minimum Gasteiger partial charge on any atom is -0.295 e. The van der Waals surface area contributed by atoms with Gasteiger partial charge in [-0.25, -0.2) is 4.98 Å². The maximum absolute atomic E-state index is 12.9. The molecule has 0 unspecified atom stereocenters.